The Balaban J connectivity index is 0.000000461. The number of rotatable bonds is 1. The molecule has 1 atom stereocenters. The standard InChI is InChI=1S/C11H15N.C2H6/c1-2-9-5-3-7-11-10(9)6-4-8-12-11;1-2/h4,6,8-9H,2-3,5,7H2,1H3;1-2H3. The maximum atomic E-state index is 4.42. The van der Waals surface area contributed by atoms with Crippen LogP contribution in [-0.4, -0.2) is 4.98 Å². The molecule has 0 bridgehead atoms. The summed E-state index contributed by atoms with van der Waals surface area (Å²) in [6.07, 6.45) is 7.04. The van der Waals surface area contributed by atoms with E-state index in [1.54, 1.807) is 0 Å². The van der Waals surface area contributed by atoms with E-state index in [1.165, 1.54) is 36.9 Å². The van der Waals surface area contributed by atoms with Gasteiger partial charge >= 0.3 is 0 Å². The molecule has 1 nitrogen and oxygen atoms in total. The van der Waals surface area contributed by atoms with Crippen LogP contribution in [0.2, 0.25) is 0 Å². The van der Waals surface area contributed by atoms with Gasteiger partial charge in [-0.15, -0.1) is 0 Å². The summed E-state index contributed by atoms with van der Waals surface area (Å²) in [7, 11) is 0. The first-order chi connectivity index (χ1) is 6.92. The lowest BCUT2D eigenvalue weighted by Gasteiger charge is -2.22. The molecule has 1 aromatic heterocycles. The van der Waals surface area contributed by atoms with Crippen LogP contribution in [0, 0.1) is 0 Å². The van der Waals surface area contributed by atoms with Crippen molar-refractivity contribution in [3.8, 4) is 0 Å². The second kappa shape index (κ2) is 5.79. The van der Waals surface area contributed by atoms with E-state index in [9.17, 15) is 0 Å². The van der Waals surface area contributed by atoms with Gasteiger partial charge in [0.1, 0.15) is 0 Å². The van der Waals surface area contributed by atoms with Crippen molar-refractivity contribution in [3.05, 3.63) is 29.6 Å². The summed E-state index contributed by atoms with van der Waals surface area (Å²) >= 11 is 0. The first-order valence-corrected chi connectivity index (χ1v) is 5.85. The second-order valence-electron chi connectivity index (χ2n) is 3.54. The predicted molar refractivity (Wildman–Crippen MR) is 61.6 cm³/mol. The molecule has 0 spiro atoms. The molecule has 1 heteroatoms. The molecule has 2 rings (SSSR count). The van der Waals surface area contributed by atoms with Crippen molar-refractivity contribution in [2.75, 3.05) is 0 Å². The number of fused-ring (bicyclic) bond motifs is 1. The SMILES string of the molecule is CC.CCC1CCCc2ncccc21. The summed E-state index contributed by atoms with van der Waals surface area (Å²) in [6.45, 7) is 6.27. The highest BCUT2D eigenvalue weighted by Gasteiger charge is 2.18. The lowest BCUT2D eigenvalue weighted by molar-refractivity contribution is 0.531. The third-order valence-corrected chi connectivity index (χ3v) is 2.82. The van der Waals surface area contributed by atoms with E-state index in [2.05, 4.69) is 24.0 Å². The van der Waals surface area contributed by atoms with Crippen LogP contribution in [-0.2, 0) is 6.42 Å². The Morgan fingerprint density at radius 3 is 2.93 bits per heavy atom. The molecule has 0 saturated carbocycles. The fourth-order valence-corrected chi connectivity index (χ4v) is 2.13. The summed E-state index contributed by atoms with van der Waals surface area (Å²) in [5, 5.41) is 0. The highest BCUT2D eigenvalue weighted by atomic mass is 14.7. The van der Waals surface area contributed by atoms with Crippen molar-refractivity contribution in [2.24, 2.45) is 0 Å². The van der Waals surface area contributed by atoms with Gasteiger partial charge in [-0.05, 0) is 43.2 Å². The average Bonchev–Trinajstić information content (AvgIpc) is 2.31. The van der Waals surface area contributed by atoms with Crippen molar-refractivity contribution < 1.29 is 0 Å². The summed E-state index contributed by atoms with van der Waals surface area (Å²) in [6, 6.07) is 4.31. The Morgan fingerprint density at radius 2 is 2.21 bits per heavy atom. The Labute approximate surface area is 87.6 Å². The summed E-state index contributed by atoms with van der Waals surface area (Å²) < 4.78 is 0. The Kier molecular flexibility index (Phi) is 4.64. The van der Waals surface area contributed by atoms with Gasteiger partial charge in [-0.25, -0.2) is 0 Å². The molecule has 0 aromatic carbocycles. The van der Waals surface area contributed by atoms with Crippen molar-refractivity contribution in [2.45, 2.75) is 52.4 Å². The molecule has 1 aliphatic carbocycles. The summed E-state index contributed by atoms with van der Waals surface area (Å²) in [5.41, 5.74) is 2.85. The minimum absolute atomic E-state index is 0.780. The molecule has 0 amide bonds. The van der Waals surface area contributed by atoms with Crippen LogP contribution in [0.5, 0.6) is 0 Å². The molecular weight excluding hydrogens is 170 g/mol. The average molecular weight is 191 g/mol. The first kappa shape index (κ1) is 11.2. The second-order valence-corrected chi connectivity index (χ2v) is 3.54. The molecule has 1 heterocycles. The molecule has 0 radical (unpaired) electrons. The van der Waals surface area contributed by atoms with E-state index >= 15 is 0 Å². The molecule has 0 aliphatic heterocycles. The van der Waals surface area contributed by atoms with Gasteiger partial charge in [0, 0.05) is 11.9 Å². The fraction of sp³-hybridized carbons (Fsp3) is 0.615. The minimum atomic E-state index is 0.780. The van der Waals surface area contributed by atoms with E-state index < -0.39 is 0 Å². The van der Waals surface area contributed by atoms with Gasteiger partial charge in [-0.2, -0.15) is 0 Å². The van der Waals surface area contributed by atoms with Crippen molar-refractivity contribution >= 4 is 0 Å². The minimum Gasteiger partial charge on any atom is -0.261 e. The Hall–Kier alpha value is -0.850. The van der Waals surface area contributed by atoms with Crippen molar-refractivity contribution in [3.63, 3.8) is 0 Å². The lowest BCUT2D eigenvalue weighted by Crippen LogP contribution is -2.10. The predicted octanol–water partition coefficient (Wildman–Crippen LogP) is 3.94. The van der Waals surface area contributed by atoms with E-state index in [4.69, 9.17) is 0 Å². The lowest BCUT2D eigenvalue weighted by atomic mass is 9.84. The van der Waals surface area contributed by atoms with E-state index in [0.717, 1.165) is 5.92 Å². The van der Waals surface area contributed by atoms with Crippen LogP contribution in [0.25, 0.3) is 0 Å². The number of pyridine rings is 1. The quantitative estimate of drug-likeness (QED) is 0.655. The highest BCUT2D eigenvalue weighted by molar-refractivity contribution is 5.26. The smallest absolute Gasteiger partial charge is 0.0438 e. The van der Waals surface area contributed by atoms with Crippen LogP contribution in [0.15, 0.2) is 18.3 Å². The van der Waals surface area contributed by atoms with Crippen LogP contribution < -0.4 is 0 Å². The van der Waals surface area contributed by atoms with E-state index in [0.29, 0.717) is 0 Å². The molecular formula is C13H21N. The van der Waals surface area contributed by atoms with Crippen LogP contribution >= 0.6 is 0 Å². The maximum Gasteiger partial charge on any atom is 0.0438 e. The van der Waals surface area contributed by atoms with Crippen LogP contribution in [0.3, 0.4) is 0 Å². The van der Waals surface area contributed by atoms with Gasteiger partial charge in [0.2, 0.25) is 0 Å². The fourth-order valence-electron chi connectivity index (χ4n) is 2.13. The zero-order valence-electron chi connectivity index (χ0n) is 9.59. The Bertz CT molecular complexity index is 268. The van der Waals surface area contributed by atoms with Gasteiger partial charge in [0.15, 0.2) is 0 Å². The largest absolute Gasteiger partial charge is 0.261 e. The van der Waals surface area contributed by atoms with Gasteiger partial charge in [0.25, 0.3) is 0 Å². The van der Waals surface area contributed by atoms with Crippen molar-refractivity contribution in [1.82, 2.24) is 4.98 Å². The molecule has 0 fully saturated rings. The first-order valence-electron chi connectivity index (χ1n) is 5.85. The molecule has 0 saturated heterocycles. The maximum absolute atomic E-state index is 4.42. The summed E-state index contributed by atoms with van der Waals surface area (Å²) in [5.74, 6) is 0.780. The molecule has 1 unspecified atom stereocenters. The van der Waals surface area contributed by atoms with Gasteiger partial charge in [0.05, 0.1) is 0 Å². The number of hydrogen-bond donors (Lipinski definition) is 0. The monoisotopic (exact) mass is 191 g/mol. The van der Waals surface area contributed by atoms with Gasteiger partial charge in [-0.1, -0.05) is 26.8 Å². The van der Waals surface area contributed by atoms with Gasteiger partial charge in [-0.3, -0.25) is 4.98 Å². The van der Waals surface area contributed by atoms with E-state index in [1.807, 2.05) is 20.0 Å². The third-order valence-electron chi connectivity index (χ3n) is 2.82. The molecule has 78 valence electrons. The number of hydrogen-bond acceptors (Lipinski definition) is 1. The number of aryl methyl sites for hydroxylation is 1. The summed E-state index contributed by atoms with van der Waals surface area (Å²) in [4.78, 5) is 4.42. The van der Waals surface area contributed by atoms with Crippen LogP contribution in [0.4, 0.5) is 0 Å². The molecule has 1 aliphatic rings. The van der Waals surface area contributed by atoms with Crippen LogP contribution in [0.1, 0.15) is 57.2 Å². The zero-order valence-corrected chi connectivity index (χ0v) is 9.59. The molecule has 1 aromatic rings. The zero-order chi connectivity index (χ0) is 10.4. The third kappa shape index (κ3) is 2.34. The van der Waals surface area contributed by atoms with Gasteiger partial charge < -0.3 is 0 Å². The Morgan fingerprint density at radius 1 is 1.43 bits per heavy atom. The normalized spacial score (nSPS) is 19.2. The molecule has 0 N–H and O–H groups in total. The number of aromatic nitrogens is 1. The van der Waals surface area contributed by atoms with Crippen molar-refractivity contribution in [1.29, 1.82) is 0 Å². The highest BCUT2D eigenvalue weighted by Crippen LogP contribution is 2.32. The van der Waals surface area contributed by atoms with E-state index in [-0.39, 0.29) is 0 Å². The number of nitrogens with zero attached hydrogens (tertiary/aromatic N) is 1. The topological polar surface area (TPSA) is 12.9 Å². The molecule has 14 heavy (non-hydrogen) atoms.